The molecule has 0 aliphatic carbocycles. The first-order chi connectivity index (χ1) is 14.2. The van der Waals surface area contributed by atoms with Crippen LogP contribution in [0, 0.1) is 11.8 Å². The maximum Gasteiger partial charge on any atom is 0.326 e. The van der Waals surface area contributed by atoms with Gasteiger partial charge in [-0.05, 0) is 24.0 Å². The molecule has 4 atom stereocenters. The van der Waals surface area contributed by atoms with E-state index in [1.54, 1.807) is 31.2 Å². The summed E-state index contributed by atoms with van der Waals surface area (Å²) in [6, 6.07) is 4.33. The minimum Gasteiger partial charge on any atom is -0.494 e. The number of aliphatic carboxylic acids is 1. The topological polar surface area (TPSA) is 131 Å². The molecule has 1 aliphatic rings. The smallest absolute Gasteiger partial charge is 0.326 e. The van der Waals surface area contributed by atoms with Crippen molar-refractivity contribution in [3.05, 3.63) is 36.3 Å². The molecule has 0 radical (unpaired) electrons. The van der Waals surface area contributed by atoms with Crippen molar-refractivity contribution in [2.75, 3.05) is 10.2 Å². The second-order valence-corrected chi connectivity index (χ2v) is 7.55. The van der Waals surface area contributed by atoms with Crippen LogP contribution in [0.15, 0.2) is 36.3 Å². The van der Waals surface area contributed by atoms with Gasteiger partial charge in [0.15, 0.2) is 0 Å². The van der Waals surface area contributed by atoms with Crippen molar-refractivity contribution in [1.82, 2.24) is 10.6 Å². The Labute approximate surface area is 176 Å². The van der Waals surface area contributed by atoms with Crippen LogP contribution in [-0.4, -0.2) is 40.2 Å². The van der Waals surface area contributed by atoms with E-state index in [9.17, 15) is 24.6 Å². The van der Waals surface area contributed by atoms with E-state index in [0.717, 1.165) is 0 Å². The molecule has 164 valence electrons. The molecule has 1 aliphatic heterocycles. The van der Waals surface area contributed by atoms with Crippen molar-refractivity contribution >= 4 is 29.3 Å². The van der Waals surface area contributed by atoms with Gasteiger partial charge < -0.3 is 26.2 Å². The summed E-state index contributed by atoms with van der Waals surface area (Å²) in [6.07, 6.45) is 2.40. The number of nitrogens with one attached hydrogen (secondary N) is 3. The number of urea groups is 1. The molecule has 30 heavy (non-hydrogen) atoms. The van der Waals surface area contributed by atoms with Crippen LogP contribution in [-0.2, 0) is 9.59 Å². The van der Waals surface area contributed by atoms with Crippen LogP contribution in [0.1, 0.15) is 40.5 Å². The first-order valence-corrected chi connectivity index (χ1v) is 10.1. The van der Waals surface area contributed by atoms with E-state index >= 15 is 0 Å². The lowest BCUT2D eigenvalue weighted by atomic mass is 9.95. The molecule has 2 rings (SSSR count). The predicted octanol–water partition coefficient (Wildman–Crippen LogP) is 3.02. The number of para-hydroxylation sites is 2. The van der Waals surface area contributed by atoms with Gasteiger partial charge in [-0.3, -0.25) is 9.69 Å². The molecule has 0 unspecified atom stereocenters. The highest BCUT2D eigenvalue weighted by Crippen LogP contribution is 2.30. The third-order valence-electron chi connectivity index (χ3n) is 5.45. The Bertz CT molecular complexity index is 825. The molecular formula is C21H30N4O5. The second kappa shape index (κ2) is 10.00. The summed E-state index contributed by atoms with van der Waals surface area (Å²) in [7, 11) is 0. The summed E-state index contributed by atoms with van der Waals surface area (Å²) in [6.45, 7) is 7.29. The Hall–Kier alpha value is -3.23. The van der Waals surface area contributed by atoms with Gasteiger partial charge in [-0.1, -0.05) is 52.7 Å². The van der Waals surface area contributed by atoms with E-state index in [2.05, 4.69) is 16.0 Å². The van der Waals surface area contributed by atoms with Crippen molar-refractivity contribution in [3.8, 4) is 0 Å². The van der Waals surface area contributed by atoms with Gasteiger partial charge in [-0.2, -0.15) is 0 Å². The quantitative estimate of drug-likeness (QED) is 0.441. The van der Waals surface area contributed by atoms with E-state index in [1.165, 1.54) is 11.1 Å². The van der Waals surface area contributed by atoms with Crippen LogP contribution in [0.3, 0.4) is 0 Å². The third kappa shape index (κ3) is 5.22. The maximum atomic E-state index is 13.0. The Balaban J connectivity index is 2.24. The van der Waals surface area contributed by atoms with Crippen LogP contribution in [0.25, 0.3) is 0 Å². The number of carboxylic acid groups (broad SMARTS) is 1. The second-order valence-electron chi connectivity index (χ2n) is 7.55. The number of carbonyl (C=O) groups excluding carboxylic acids is 2. The van der Waals surface area contributed by atoms with E-state index in [-0.39, 0.29) is 17.7 Å². The molecule has 3 amide bonds. The van der Waals surface area contributed by atoms with Crippen LogP contribution in [0.4, 0.5) is 16.2 Å². The lowest BCUT2D eigenvalue weighted by Gasteiger charge is -2.31. The van der Waals surface area contributed by atoms with Crippen LogP contribution in [0.2, 0.25) is 0 Å². The number of carboxylic acids is 1. The zero-order chi connectivity index (χ0) is 22.4. The monoisotopic (exact) mass is 418 g/mol. The molecule has 0 spiro atoms. The van der Waals surface area contributed by atoms with E-state index < -0.39 is 30.0 Å². The average molecular weight is 418 g/mol. The molecule has 1 aromatic carbocycles. The van der Waals surface area contributed by atoms with Gasteiger partial charge in [0.05, 0.1) is 17.6 Å². The number of aliphatic hydroxyl groups is 1. The highest BCUT2D eigenvalue weighted by Gasteiger charge is 2.33. The van der Waals surface area contributed by atoms with Crippen molar-refractivity contribution in [2.45, 2.75) is 52.6 Å². The van der Waals surface area contributed by atoms with E-state index in [1.807, 2.05) is 20.8 Å². The fraction of sp³-hybridized carbons (Fsp3) is 0.476. The molecule has 0 fully saturated rings. The summed E-state index contributed by atoms with van der Waals surface area (Å²) >= 11 is 0. The van der Waals surface area contributed by atoms with E-state index in [4.69, 9.17) is 0 Å². The molecule has 5 N–H and O–H groups in total. The third-order valence-corrected chi connectivity index (χ3v) is 5.45. The Morgan fingerprint density at radius 2 is 1.63 bits per heavy atom. The first-order valence-electron chi connectivity index (χ1n) is 10.1. The Kier molecular flexibility index (Phi) is 7.68. The molecule has 0 saturated carbocycles. The summed E-state index contributed by atoms with van der Waals surface area (Å²) < 4.78 is 0. The molecule has 1 heterocycles. The van der Waals surface area contributed by atoms with Gasteiger partial charge in [0.25, 0.3) is 0 Å². The number of benzene rings is 1. The SMILES string of the molecule is CC[C@@H](C)[C@H](NC(=O)[C@@H](NC(=O)N1C=C(O)Nc2ccccc21)[C@@H](C)CC)C(=O)O. The number of anilines is 2. The number of hydrogen-bond donors (Lipinski definition) is 5. The number of nitrogens with zero attached hydrogens (tertiary/aromatic N) is 1. The summed E-state index contributed by atoms with van der Waals surface area (Å²) in [5.74, 6) is -2.38. The average Bonchev–Trinajstić information content (AvgIpc) is 2.73. The minimum atomic E-state index is -1.11. The molecule has 9 nitrogen and oxygen atoms in total. The van der Waals surface area contributed by atoms with Crippen molar-refractivity contribution in [3.63, 3.8) is 0 Å². The van der Waals surface area contributed by atoms with Crippen LogP contribution >= 0.6 is 0 Å². The minimum absolute atomic E-state index is 0.212. The molecule has 0 aromatic heterocycles. The number of rotatable bonds is 8. The van der Waals surface area contributed by atoms with Gasteiger partial charge in [0.2, 0.25) is 11.8 Å². The van der Waals surface area contributed by atoms with Crippen molar-refractivity contribution < 1.29 is 24.6 Å². The van der Waals surface area contributed by atoms with E-state index in [0.29, 0.717) is 24.2 Å². The summed E-state index contributed by atoms with van der Waals surface area (Å²) in [4.78, 5) is 38.7. The zero-order valence-corrected chi connectivity index (χ0v) is 17.7. The summed E-state index contributed by atoms with van der Waals surface area (Å²) in [5.41, 5.74) is 1.05. The lowest BCUT2D eigenvalue weighted by molar-refractivity contribution is -0.143. The maximum absolute atomic E-state index is 13.0. The number of amides is 3. The molecule has 0 bridgehead atoms. The van der Waals surface area contributed by atoms with Gasteiger partial charge in [-0.25, -0.2) is 9.59 Å². The highest BCUT2D eigenvalue weighted by atomic mass is 16.4. The largest absolute Gasteiger partial charge is 0.494 e. The standard InChI is InChI=1S/C21H30N4O5/c1-5-12(3)17(19(27)23-18(20(28)29)13(4)6-2)24-21(30)25-11-16(26)22-14-9-7-8-10-15(14)25/h7-13,17-18,22,26H,5-6H2,1-4H3,(H,23,27)(H,24,30)(H,28,29)/t12-,13+,17-,18-/m0/s1. The summed E-state index contributed by atoms with van der Waals surface area (Å²) in [5, 5.41) is 27.4. The normalized spacial score (nSPS) is 16.8. The zero-order valence-electron chi connectivity index (χ0n) is 17.7. The Morgan fingerprint density at radius 1 is 1.03 bits per heavy atom. The number of fused-ring (bicyclic) bond motifs is 1. The number of aliphatic hydroxyl groups excluding tert-OH is 1. The van der Waals surface area contributed by atoms with Gasteiger partial charge in [0, 0.05) is 0 Å². The van der Waals surface area contributed by atoms with Gasteiger partial charge in [-0.15, -0.1) is 0 Å². The molecular weight excluding hydrogens is 388 g/mol. The Morgan fingerprint density at radius 3 is 2.23 bits per heavy atom. The number of hydrogen-bond acceptors (Lipinski definition) is 5. The first kappa shape index (κ1) is 23.1. The van der Waals surface area contributed by atoms with Gasteiger partial charge in [0.1, 0.15) is 12.1 Å². The highest BCUT2D eigenvalue weighted by molar-refractivity contribution is 6.01. The lowest BCUT2D eigenvalue weighted by Crippen LogP contribution is -2.57. The number of carbonyl (C=O) groups is 3. The van der Waals surface area contributed by atoms with Gasteiger partial charge >= 0.3 is 12.0 Å². The molecule has 0 saturated heterocycles. The molecule has 1 aromatic rings. The fourth-order valence-electron chi connectivity index (χ4n) is 3.15. The van der Waals surface area contributed by atoms with Crippen LogP contribution in [0.5, 0.6) is 0 Å². The fourth-order valence-corrected chi connectivity index (χ4v) is 3.15. The van der Waals surface area contributed by atoms with Crippen molar-refractivity contribution in [2.24, 2.45) is 11.8 Å². The molecule has 9 heteroatoms. The van der Waals surface area contributed by atoms with Crippen molar-refractivity contribution in [1.29, 1.82) is 0 Å². The predicted molar refractivity (Wildman–Crippen MR) is 114 cm³/mol. The van der Waals surface area contributed by atoms with Crippen LogP contribution < -0.4 is 20.9 Å².